The highest BCUT2D eigenvalue weighted by Gasteiger charge is 2.19. The fraction of sp³-hybridized carbons (Fsp3) is 0.625. The quantitative estimate of drug-likeness (QED) is 0.849. The predicted molar refractivity (Wildman–Crippen MR) is 89.0 cm³/mol. The number of hydrogen-bond donors (Lipinski definition) is 1. The fourth-order valence-corrected chi connectivity index (χ4v) is 2.93. The van der Waals surface area contributed by atoms with Gasteiger partial charge in [0, 0.05) is 29.2 Å². The number of likely N-dealkylation sites (N-methyl/N-ethyl adjacent to an activating group) is 1. The molecular weight excluding hydrogens is 332 g/mol. The minimum absolute atomic E-state index is 0.148. The maximum absolute atomic E-state index is 6.03. The van der Waals surface area contributed by atoms with Crippen LogP contribution in [0.15, 0.2) is 22.7 Å². The Morgan fingerprint density at radius 2 is 2.33 bits per heavy atom. The summed E-state index contributed by atoms with van der Waals surface area (Å²) in [6, 6.07) is 6.43. The van der Waals surface area contributed by atoms with E-state index in [1.807, 2.05) is 12.1 Å². The van der Waals surface area contributed by atoms with Crippen LogP contribution in [0.4, 0.5) is 0 Å². The van der Waals surface area contributed by atoms with Gasteiger partial charge in [-0.05, 0) is 38.7 Å². The van der Waals surface area contributed by atoms with Gasteiger partial charge in [0.2, 0.25) is 0 Å². The van der Waals surface area contributed by atoms with Crippen LogP contribution in [0.1, 0.15) is 25.5 Å². The molecule has 5 heteroatoms. The van der Waals surface area contributed by atoms with E-state index in [1.165, 1.54) is 5.56 Å². The van der Waals surface area contributed by atoms with Crippen LogP contribution in [0.5, 0.6) is 5.75 Å². The van der Waals surface area contributed by atoms with Crippen molar-refractivity contribution in [2.45, 2.75) is 26.0 Å². The van der Waals surface area contributed by atoms with E-state index >= 15 is 0 Å². The Balaban J connectivity index is 2.01. The van der Waals surface area contributed by atoms with Crippen molar-refractivity contribution in [2.24, 2.45) is 0 Å². The molecule has 1 aliphatic rings. The lowest BCUT2D eigenvalue weighted by atomic mass is 10.1. The van der Waals surface area contributed by atoms with Crippen LogP contribution >= 0.6 is 15.9 Å². The molecule has 0 radical (unpaired) electrons. The Hall–Kier alpha value is -0.620. The summed E-state index contributed by atoms with van der Waals surface area (Å²) in [7, 11) is 2.12. The van der Waals surface area contributed by atoms with Gasteiger partial charge in [0.05, 0.1) is 6.61 Å². The Morgan fingerprint density at radius 3 is 3.05 bits per heavy atom. The molecule has 1 fully saturated rings. The second-order valence-corrected chi connectivity index (χ2v) is 6.44. The van der Waals surface area contributed by atoms with Crippen molar-refractivity contribution in [3.63, 3.8) is 0 Å². The molecule has 0 amide bonds. The lowest BCUT2D eigenvalue weighted by molar-refractivity contribution is -0.0405. The summed E-state index contributed by atoms with van der Waals surface area (Å²) in [5.74, 6) is 0.934. The number of rotatable bonds is 6. The first-order valence-corrected chi connectivity index (χ1v) is 8.35. The van der Waals surface area contributed by atoms with Gasteiger partial charge in [-0.2, -0.15) is 0 Å². The van der Waals surface area contributed by atoms with Gasteiger partial charge in [-0.25, -0.2) is 0 Å². The summed E-state index contributed by atoms with van der Waals surface area (Å²) in [4.78, 5) is 2.28. The van der Waals surface area contributed by atoms with E-state index in [4.69, 9.17) is 9.47 Å². The van der Waals surface area contributed by atoms with Gasteiger partial charge in [0.25, 0.3) is 0 Å². The summed E-state index contributed by atoms with van der Waals surface area (Å²) in [5.41, 5.74) is 1.18. The molecule has 1 N–H and O–H groups in total. The van der Waals surface area contributed by atoms with Crippen molar-refractivity contribution >= 4 is 15.9 Å². The van der Waals surface area contributed by atoms with E-state index < -0.39 is 0 Å². The molecule has 0 spiro atoms. The molecule has 0 saturated carbocycles. The molecular formula is C16H25BrN2O2. The molecule has 0 bridgehead atoms. The van der Waals surface area contributed by atoms with Gasteiger partial charge in [0.15, 0.2) is 0 Å². The third-order valence-corrected chi connectivity index (χ3v) is 4.21. The maximum Gasteiger partial charge on any atom is 0.124 e. The Kier molecular flexibility index (Phi) is 6.48. The van der Waals surface area contributed by atoms with E-state index in [0.29, 0.717) is 6.61 Å². The van der Waals surface area contributed by atoms with Gasteiger partial charge in [-0.15, -0.1) is 0 Å². The molecule has 2 rings (SSSR count). The summed E-state index contributed by atoms with van der Waals surface area (Å²) in [5, 5.41) is 3.43. The van der Waals surface area contributed by atoms with Gasteiger partial charge >= 0.3 is 0 Å². The summed E-state index contributed by atoms with van der Waals surface area (Å²) >= 11 is 3.54. The second kappa shape index (κ2) is 8.13. The molecule has 1 saturated heterocycles. The third-order valence-electron chi connectivity index (χ3n) is 3.72. The van der Waals surface area contributed by atoms with Crippen molar-refractivity contribution in [3.8, 4) is 5.75 Å². The average Bonchev–Trinajstić information content (AvgIpc) is 2.46. The molecule has 0 aromatic heterocycles. The number of hydrogen-bond acceptors (Lipinski definition) is 4. The zero-order valence-electron chi connectivity index (χ0n) is 13.1. The number of nitrogens with zero attached hydrogens (tertiary/aromatic N) is 1. The van der Waals surface area contributed by atoms with Crippen molar-refractivity contribution in [1.82, 2.24) is 10.2 Å². The molecule has 1 aliphatic heterocycles. The number of halogens is 1. The third kappa shape index (κ3) is 4.95. The van der Waals surface area contributed by atoms with Crippen LogP contribution < -0.4 is 10.1 Å². The standard InChI is InChI=1S/C16H25BrN2O2/c1-4-18-12(2)15-9-13(17)5-6-16(15)21-11-14-10-19(3)7-8-20-14/h5-6,9,12,14,18H,4,7-8,10-11H2,1-3H3. The average molecular weight is 357 g/mol. The highest BCUT2D eigenvalue weighted by molar-refractivity contribution is 9.10. The van der Waals surface area contributed by atoms with Crippen LogP contribution in [-0.4, -0.2) is 50.9 Å². The lowest BCUT2D eigenvalue weighted by Gasteiger charge is -2.30. The van der Waals surface area contributed by atoms with Crippen molar-refractivity contribution in [3.05, 3.63) is 28.2 Å². The molecule has 1 heterocycles. The van der Waals surface area contributed by atoms with E-state index in [-0.39, 0.29) is 12.1 Å². The van der Waals surface area contributed by atoms with Gasteiger partial charge < -0.3 is 19.7 Å². The first kappa shape index (κ1) is 16.7. The maximum atomic E-state index is 6.03. The van der Waals surface area contributed by atoms with Gasteiger partial charge in [-0.1, -0.05) is 22.9 Å². The normalized spacial score (nSPS) is 21.2. The van der Waals surface area contributed by atoms with Crippen LogP contribution in [0, 0.1) is 0 Å². The minimum atomic E-state index is 0.148. The summed E-state index contributed by atoms with van der Waals surface area (Å²) in [6.07, 6.45) is 0.148. The Labute approximate surface area is 135 Å². The first-order valence-electron chi connectivity index (χ1n) is 7.56. The van der Waals surface area contributed by atoms with Crippen LogP contribution in [0.25, 0.3) is 0 Å². The number of ether oxygens (including phenoxy) is 2. The van der Waals surface area contributed by atoms with Crippen LogP contribution in [-0.2, 0) is 4.74 Å². The molecule has 2 atom stereocenters. The molecule has 1 aromatic carbocycles. The number of morpholine rings is 1. The Bertz CT molecular complexity index is 456. The summed E-state index contributed by atoms with van der Waals surface area (Å²) in [6.45, 7) is 8.50. The van der Waals surface area contributed by atoms with Gasteiger partial charge in [-0.3, -0.25) is 0 Å². The second-order valence-electron chi connectivity index (χ2n) is 5.53. The zero-order chi connectivity index (χ0) is 15.2. The van der Waals surface area contributed by atoms with Crippen molar-refractivity contribution < 1.29 is 9.47 Å². The first-order chi connectivity index (χ1) is 10.1. The number of nitrogens with one attached hydrogen (secondary N) is 1. The Morgan fingerprint density at radius 1 is 1.52 bits per heavy atom. The monoisotopic (exact) mass is 356 g/mol. The van der Waals surface area contributed by atoms with E-state index in [1.54, 1.807) is 0 Å². The molecule has 118 valence electrons. The predicted octanol–water partition coefficient (Wildman–Crippen LogP) is 2.83. The molecule has 0 aliphatic carbocycles. The molecule has 2 unspecified atom stereocenters. The van der Waals surface area contributed by atoms with Crippen LogP contribution in [0.3, 0.4) is 0 Å². The topological polar surface area (TPSA) is 33.7 Å². The highest BCUT2D eigenvalue weighted by Crippen LogP contribution is 2.29. The largest absolute Gasteiger partial charge is 0.490 e. The van der Waals surface area contributed by atoms with Gasteiger partial charge in [0.1, 0.15) is 18.5 Å². The molecule has 4 nitrogen and oxygen atoms in total. The smallest absolute Gasteiger partial charge is 0.124 e. The summed E-state index contributed by atoms with van der Waals surface area (Å²) < 4.78 is 12.9. The highest BCUT2D eigenvalue weighted by atomic mass is 79.9. The zero-order valence-corrected chi connectivity index (χ0v) is 14.6. The van der Waals surface area contributed by atoms with E-state index in [2.05, 4.69) is 53.1 Å². The van der Waals surface area contributed by atoms with E-state index in [9.17, 15) is 0 Å². The molecule has 1 aromatic rings. The number of benzene rings is 1. The molecule has 21 heavy (non-hydrogen) atoms. The lowest BCUT2D eigenvalue weighted by Crippen LogP contribution is -2.42. The fourth-order valence-electron chi connectivity index (χ4n) is 2.56. The SMILES string of the molecule is CCNC(C)c1cc(Br)ccc1OCC1CN(C)CCO1. The van der Waals surface area contributed by atoms with Crippen molar-refractivity contribution in [2.75, 3.05) is 39.9 Å². The minimum Gasteiger partial charge on any atom is -0.490 e. The van der Waals surface area contributed by atoms with E-state index in [0.717, 1.165) is 36.5 Å². The van der Waals surface area contributed by atoms with Crippen LogP contribution in [0.2, 0.25) is 0 Å². The van der Waals surface area contributed by atoms with Crippen molar-refractivity contribution in [1.29, 1.82) is 0 Å².